The average molecular weight is 439 g/mol. The van der Waals surface area contributed by atoms with Gasteiger partial charge in [0.05, 0.1) is 10.6 Å². The molecule has 0 saturated carbocycles. The molecule has 0 aliphatic heterocycles. The molecule has 0 spiro atoms. The van der Waals surface area contributed by atoms with Crippen LogP contribution in [0.2, 0.25) is 5.02 Å². The van der Waals surface area contributed by atoms with E-state index in [1.807, 2.05) is 37.3 Å². The quantitative estimate of drug-likeness (QED) is 0.411. The second-order valence-electron chi connectivity index (χ2n) is 6.49. The lowest BCUT2D eigenvalue weighted by atomic mass is 10.1. The van der Waals surface area contributed by atoms with Crippen LogP contribution in [-0.2, 0) is 18.5 Å². The fourth-order valence-corrected chi connectivity index (χ4v) is 3.85. The molecule has 152 valence electrons. The van der Waals surface area contributed by atoms with Gasteiger partial charge in [0.1, 0.15) is 18.1 Å². The van der Waals surface area contributed by atoms with E-state index in [1.54, 1.807) is 11.8 Å². The molecule has 0 atom stereocenters. The highest BCUT2D eigenvalue weighted by Gasteiger charge is 2.29. The molecular weight excluding hydrogens is 421 g/mol. The van der Waals surface area contributed by atoms with E-state index in [0.29, 0.717) is 22.1 Å². The maximum Gasteiger partial charge on any atom is 0.416 e. The zero-order valence-corrected chi connectivity index (χ0v) is 17.0. The summed E-state index contributed by atoms with van der Waals surface area (Å²) in [7, 11) is 0. The summed E-state index contributed by atoms with van der Waals surface area (Å²) in [5.74, 6) is 1.51. The number of phenols is 1. The maximum absolute atomic E-state index is 12.6. The Hall–Kier alpha value is -2.31. The van der Waals surface area contributed by atoms with Crippen molar-refractivity contribution in [3.05, 3.63) is 87.9 Å². The number of hydrogen-bond donors (Lipinski definition) is 1. The first-order valence-corrected chi connectivity index (χ1v) is 10.1. The van der Waals surface area contributed by atoms with Crippen molar-refractivity contribution in [1.82, 2.24) is 0 Å². The molecule has 3 aromatic carbocycles. The standard InChI is InChI=1S/C22H18ClF3O2S/c1-14-10-21(19(23)11-20(14)27)29-13-16-4-8-18(9-5-16)28-12-15-2-6-17(7-3-15)22(24,25)26/h2-11,27H,12-13H2,1H3. The third-order valence-electron chi connectivity index (χ3n) is 4.25. The van der Waals surface area contributed by atoms with Crippen molar-refractivity contribution in [3.8, 4) is 11.5 Å². The number of alkyl halides is 3. The van der Waals surface area contributed by atoms with Gasteiger partial charge >= 0.3 is 6.18 Å². The van der Waals surface area contributed by atoms with Gasteiger partial charge in [-0.05, 0) is 60.0 Å². The highest BCUT2D eigenvalue weighted by atomic mass is 35.5. The summed E-state index contributed by atoms with van der Waals surface area (Å²) >= 11 is 7.73. The van der Waals surface area contributed by atoms with E-state index in [9.17, 15) is 18.3 Å². The van der Waals surface area contributed by atoms with Gasteiger partial charge in [-0.2, -0.15) is 13.2 Å². The van der Waals surface area contributed by atoms with E-state index in [-0.39, 0.29) is 12.4 Å². The Morgan fingerprint density at radius 3 is 2.21 bits per heavy atom. The molecule has 1 N–H and O–H groups in total. The first kappa shape index (κ1) is 21.4. The Labute approximate surface area is 176 Å². The smallest absolute Gasteiger partial charge is 0.416 e. The fourth-order valence-electron chi connectivity index (χ4n) is 2.55. The van der Waals surface area contributed by atoms with Crippen LogP contribution < -0.4 is 4.74 Å². The molecule has 0 unspecified atom stereocenters. The van der Waals surface area contributed by atoms with E-state index in [1.165, 1.54) is 18.2 Å². The molecule has 0 amide bonds. The van der Waals surface area contributed by atoms with Gasteiger partial charge in [-0.1, -0.05) is 35.9 Å². The molecule has 29 heavy (non-hydrogen) atoms. The number of phenolic OH excluding ortho intramolecular Hbond substituents is 1. The summed E-state index contributed by atoms with van der Waals surface area (Å²) < 4.78 is 43.4. The number of ether oxygens (including phenoxy) is 1. The van der Waals surface area contributed by atoms with Crippen molar-refractivity contribution in [2.75, 3.05) is 0 Å². The van der Waals surface area contributed by atoms with Crippen molar-refractivity contribution in [2.45, 2.75) is 30.4 Å². The number of aromatic hydroxyl groups is 1. The Kier molecular flexibility index (Phi) is 6.65. The van der Waals surface area contributed by atoms with Crippen LogP contribution in [0.3, 0.4) is 0 Å². The lowest BCUT2D eigenvalue weighted by Gasteiger charge is -2.10. The Morgan fingerprint density at radius 2 is 1.59 bits per heavy atom. The van der Waals surface area contributed by atoms with Crippen molar-refractivity contribution in [1.29, 1.82) is 0 Å². The lowest BCUT2D eigenvalue weighted by molar-refractivity contribution is -0.137. The van der Waals surface area contributed by atoms with Crippen molar-refractivity contribution >= 4 is 23.4 Å². The summed E-state index contributed by atoms with van der Waals surface area (Å²) in [6.07, 6.45) is -4.34. The van der Waals surface area contributed by atoms with Crippen LogP contribution in [0, 0.1) is 6.92 Å². The SMILES string of the molecule is Cc1cc(SCc2ccc(OCc3ccc(C(F)(F)F)cc3)cc2)c(Cl)cc1O. The number of thioether (sulfide) groups is 1. The van der Waals surface area contributed by atoms with Gasteiger partial charge in [-0.15, -0.1) is 11.8 Å². The Bertz CT molecular complexity index is 971. The first-order chi connectivity index (χ1) is 13.7. The summed E-state index contributed by atoms with van der Waals surface area (Å²) in [6.45, 7) is 2.01. The third kappa shape index (κ3) is 5.84. The lowest BCUT2D eigenvalue weighted by Crippen LogP contribution is -2.05. The minimum atomic E-state index is -4.34. The zero-order valence-electron chi connectivity index (χ0n) is 15.5. The minimum Gasteiger partial charge on any atom is -0.508 e. The summed E-state index contributed by atoms with van der Waals surface area (Å²) in [5.41, 5.74) is 1.82. The summed E-state index contributed by atoms with van der Waals surface area (Å²) in [5, 5.41) is 10.2. The monoisotopic (exact) mass is 438 g/mol. The molecule has 7 heteroatoms. The van der Waals surface area contributed by atoms with E-state index in [0.717, 1.165) is 28.2 Å². The molecule has 0 saturated heterocycles. The van der Waals surface area contributed by atoms with E-state index in [4.69, 9.17) is 16.3 Å². The van der Waals surface area contributed by atoms with Crippen LogP contribution in [0.25, 0.3) is 0 Å². The number of benzene rings is 3. The predicted octanol–water partition coefficient (Wildman–Crippen LogP) is 7.24. The molecule has 0 heterocycles. The zero-order chi connectivity index (χ0) is 21.0. The molecular formula is C22H18ClF3O2S. The van der Waals surface area contributed by atoms with Gasteiger partial charge in [0, 0.05) is 10.6 Å². The number of aryl methyl sites for hydroxylation is 1. The van der Waals surface area contributed by atoms with Crippen LogP contribution >= 0.6 is 23.4 Å². The fraction of sp³-hybridized carbons (Fsp3) is 0.182. The van der Waals surface area contributed by atoms with Gasteiger partial charge in [0.25, 0.3) is 0 Å². The molecule has 0 aliphatic carbocycles. The van der Waals surface area contributed by atoms with Gasteiger partial charge in [-0.25, -0.2) is 0 Å². The van der Waals surface area contributed by atoms with Crippen LogP contribution in [-0.4, -0.2) is 5.11 Å². The molecule has 0 bridgehead atoms. The predicted molar refractivity (Wildman–Crippen MR) is 110 cm³/mol. The second-order valence-corrected chi connectivity index (χ2v) is 7.91. The van der Waals surface area contributed by atoms with Gasteiger partial charge < -0.3 is 9.84 Å². The molecule has 0 aromatic heterocycles. The highest BCUT2D eigenvalue weighted by Crippen LogP contribution is 2.34. The molecule has 3 aromatic rings. The molecule has 3 rings (SSSR count). The normalized spacial score (nSPS) is 11.5. The number of halogens is 4. The van der Waals surface area contributed by atoms with Crippen LogP contribution in [0.1, 0.15) is 22.3 Å². The van der Waals surface area contributed by atoms with Gasteiger partial charge in [0.15, 0.2) is 0 Å². The van der Waals surface area contributed by atoms with Crippen molar-refractivity contribution in [3.63, 3.8) is 0 Å². The first-order valence-electron chi connectivity index (χ1n) is 8.72. The van der Waals surface area contributed by atoms with E-state index >= 15 is 0 Å². The summed E-state index contributed by atoms with van der Waals surface area (Å²) in [4.78, 5) is 0.893. The number of hydrogen-bond acceptors (Lipinski definition) is 3. The molecule has 0 aliphatic rings. The highest BCUT2D eigenvalue weighted by molar-refractivity contribution is 7.98. The van der Waals surface area contributed by atoms with Crippen LogP contribution in [0.5, 0.6) is 11.5 Å². The number of rotatable bonds is 6. The maximum atomic E-state index is 12.6. The summed E-state index contributed by atoms with van der Waals surface area (Å²) in [6, 6.07) is 15.8. The molecule has 0 fully saturated rings. The Morgan fingerprint density at radius 1 is 0.966 bits per heavy atom. The van der Waals surface area contributed by atoms with E-state index in [2.05, 4.69) is 0 Å². The molecule has 2 nitrogen and oxygen atoms in total. The minimum absolute atomic E-state index is 0.175. The molecule has 0 radical (unpaired) electrons. The van der Waals surface area contributed by atoms with E-state index < -0.39 is 11.7 Å². The second kappa shape index (κ2) is 9.01. The third-order valence-corrected chi connectivity index (χ3v) is 5.81. The van der Waals surface area contributed by atoms with Gasteiger partial charge in [-0.3, -0.25) is 0 Å². The average Bonchev–Trinajstić information content (AvgIpc) is 2.68. The van der Waals surface area contributed by atoms with Crippen molar-refractivity contribution < 1.29 is 23.0 Å². The van der Waals surface area contributed by atoms with Crippen LogP contribution in [0.15, 0.2) is 65.6 Å². The largest absolute Gasteiger partial charge is 0.508 e. The topological polar surface area (TPSA) is 29.5 Å². The Balaban J connectivity index is 1.54. The van der Waals surface area contributed by atoms with Crippen molar-refractivity contribution in [2.24, 2.45) is 0 Å². The van der Waals surface area contributed by atoms with Crippen LogP contribution in [0.4, 0.5) is 13.2 Å². The van der Waals surface area contributed by atoms with Gasteiger partial charge in [0.2, 0.25) is 0 Å².